The average Bonchev–Trinajstić information content (AvgIpc) is 2.68. The Bertz CT molecular complexity index is 579. The van der Waals surface area contributed by atoms with Crippen molar-refractivity contribution < 1.29 is 13.3 Å². The lowest BCUT2D eigenvalue weighted by molar-refractivity contribution is 0.428. The van der Waals surface area contributed by atoms with Crippen molar-refractivity contribution in [1.82, 2.24) is 5.16 Å². The molecule has 0 amide bonds. The Kier molecular flexibility index (Phi) is 3.32. The Hall–Kier alpha value is -1.91. The second-order valence-electron chi connectivity index (χ2n) is 4.18. The van der Waals surface area contributed by atoms with Crippen LogP contribution in [-0.4, -0.2) is 5.16 Å². The highest BCUT2D eigenvalue weighted by Gasteiger charge is 2.22. The van der Waals surface area contributed by atoms with Crippen LogP contribution in [0.25, 0.3) is 11.3 Å². The maximum Gasteiger partial charge on any atom is 0.178 e. The number of halogens is 2. The van der Waals surface area contributed by atoms with Crippen LogP contribution in [0.15, 0.2) is 16.7 Å². The summed E-state index contributed by atoms with van der Waals surface area (Å²) in [5.41, 5.74) is 6.37. The molecule has 96 valence electrons. The molecular formula is C13H14F2N2O. The van der Waals surface area contributed by atoms with E-state index in [0.717, 1.165) is 6.42 Å². The molecule has 0 bridgehead atoms. The molecular weight excluding hydrogens is 238 g/mol. The third kappa shape index (κ3) is 1.96. The molecule has 1 aromatic heterocycles. The van der Waals surface area contributed by atoms with Crippen molar-refractivity contribution in [2.24, 2.45) is 0 Å². The van der Waals surface area contributed by atoms with Gasteiger partial charge < -0.3 is 10.3 Å². The minimum Gasteiger partial charge on any atom is -0.381 e. The number of aromatic nitrogens is 1. The van der Waals surface area contributed by atoms with E-state index < -0.39 is 11.6 Å². The maximum atomic E-state index is 14.0. The maximum absolute atomic E-state index is 14.0. The minimum atomic E-state index is -0.674. The van der Waals surface area contributed by atoms with Crippen molar-refractivity contribution in [3.8, 4) is 11.3 Å². The molecule has 0 aliphatic heterocycles. The van der Waals surface area contributed by atoms with E-state index in [0.29, 0.717) is 17.5 Å². The Balaban J connectivity index is 2.66. The Morgan fingerprint density at radius 2 is 2.06 bits per heavy atom. The third-order valence-corrected chi connectivity index (χ3v) is 2.83. The van der Waals surface area contributed by atoms with Gasteiger partial charge in [-0.1, -0.05) is 24.6 Å². The zero-order chi connectivity index (χ0) is 13.3. The fraction of sp³-hybridized carbons (Fsp3) is 0.308. The molecule has 0 spiro atoms. The first-order valence-corrected chi connectivity index (χ1v) is 5.75. The molecule has 2 rings (SSSR count). The van der Waals surface area contributed by atoms with Gasteiger partial charge in [-0.15, -0.1) is 0 Å². The Morgan fingerprint density at radius 3 is 2.72 bits per heavy atom. The van der Waals surface area contributed by atoms with E-state index in [9.17, 15) is 8.78 Å². The molecule has 2 aromatic rings. The first-order valence-electron chi connectivity index (χ1n) is 5.75. The number of nitrogens with zero attached hydrogens (tertiary/aromatic N) is 1. The van der Waals surface area contributed by atoms with Gasteiger partial charge in [-0.2, -0.15) is 0 Å². The highest BCUT2D eigenvalue weighted by Crippen LogP contribution is 2.33. The van der Waals surface area contributed by atoms with Gasteiger partial charge in [0.2, 0.25) is 0 Å². The van der Waals surface area contributed by atoms with Crippen LogP contribution in [0.3, 0.4) is 0 Å². The number of nitrogens with two attached hydrogens (primary N) is 1. The van der Waals surface area contributed by atoms with E-state index in [-0.39, 0.29) is 17.1 Å². The summed E-state index contributed by atoms with van der Waals surface area (Å²) in [7, 11) is 0. The zero-order valence-corrected chi connectivity index (χ0v) is 10.3. The van der Waals surface area contributed by atoms with Gasteiger partial charge in [-0.25, -0.2) is 8.78 Å². The number of hydrogen-bond acceptors (Lipinski definition) is 3. The summed E-state index contributed by atoms with van der Waals surface area (Å²) < 4.78 is 32.8. The lowest BCUT2D eigenvalue weighted by Gasteiger charge is -2.06. The Labute approximate surface area is 104 Å². The number of aryl methyl sites for hydroxylation is 1. The minimum absolute atomic E-state index is 0.0908. The van der Waals surface area contributed by atoms with Gasteiger partial charge in [-0.3, -0.25) is 0 Å². The zero-order valence-electron chi connectivity index (χ0n) is 10.3. The van der Waals surface area contributed by atoms with Crippen molar-refractivity contribution in [3.05, 3.63) is 34.9 Å². The van der Waals surface area contributed by atoms with Crippen LogP contribution in [0.4, 0.5) is 14.6 Å². The first-order chi connectivity index (χ1) is 8.56. The standard InChI is InChI=1S/C13H14F2N2O/c1-3-4-8-12(18-17-13(8)16)10-9(14)6-5-7(2)11(10)15/h5-6H,3-4H2,1-2H3,(H2,16,17). The van der Waals surface area contributed by atoms with Gasteiger partial charge >= 0.3 is 0 Å². The molecule has 1 heterocycles. The summed E-state index contributed by atoms with van der Waals surface area (Å²) in [4.78, 5) is 0. The molecule has 0 aliphatic carbocycles. The largest absolute Gasteiger partial charge is 0.381 e. The quantitative estimate of drug-likeness (QED) is 0.910. The predicted octanol–water partition coefficient (Wildman–Crippen LogP) is 3.46. The molecule has 0 radical (unpaired) electrons. The molecule has 2 N–H and O–H groups in total. The smallest absolute Gasteiger partial charge is 0.178 e. The van der Waals surface area contributed by atoms with Crippen molar-refractivity contribution in [2.45, 2.75) is 26.7 Å². The van der Waals surface area contributed by atoms with Gasteiger partial charge in [0.25, 0.3) is 0 Å². The molecule has 3 nitrogen and oxygen atoms in total. The summed E-state index contributed by atoms with van der Waals surface area (Å²) in [5, 5.41) is 3.59. The number of anilines is 1. The fourth-order valence-electron chi connectivity index (χ4n) is 1.87. The van der Waals surface area contributed by atoms with Gasteiger partial charge in [0.05, 0.1) is 5.56 Å². The molecule has 0 atom stereocenters. The van der Waals surface area contributed by atoms with Crippen LogP contribution >= 0.6 is 0 Å². The molecule has 0 fully saturated rings. The second-order valence-corrected chi connectivity index (χ2v) is 4.18. The molecule has 0 unspecified atom stereocenters. The van der Waals surface area contributed by atoms with Crippen molar-refractivity contribution in [3.63, 3.8) is 0 Å². The second kappa shape index (κ2) is 4.76. The highest BCUT2D eigenvalue weighted by molar-refractivity contribution is 5.68. The SMILES string of the molecule is CCCc1c(N)noc1-c1c(F)ccc(C)c1F. The number of nitrogen functional groups attached to an aromatic ring is 1. The summed E-state index contributed by atoms with van der Waals surface area (Å²) in [6.45, 7) is 3.51. The van der Waals surface area contributed by atoms with Gasteiger partial charge in [0.15, 0.2) is 11.6 Å². The van der Waals surface area contributed by atoms with Crippen molar-refractivity contribution in [1.29, 1.82) is 0 Å². The van der Waals surface area contributed by atoms with Crippen LogP contribution < -0.4 is 5.73 Å². The first kappa shape index (κ1) is 12.5. The third-order valence-electron chi connectivity index (χ3n) is 2.83. The van der Waals surface area contributed by atoms with E-state index >= 15 is 0 Å². The van der Waals surface area contributed by atoms with Gasteiger partial charge in [-0.05, 0) is 25.0 Å². The topological polar surface area (TPSA) is 52.0 Å². The highest BCUT2D eigenvalue weighted by atomic mass is 19.1. The number of hydrogen-bond donors (Lipinski definition) is 1. The molecule has 0 saturated carbocycles. The molecule has 5 heteroatoms. The van der Waals surface area contributed by atoms with Crippen LogP contribution in [-0.2, 0) is 6.42 Å². The fourth-order valence-corrected chi connectivity index (χ4v) is 1.87. The average molecular weight is 252 g/mol. The predicted molar refractivity (Wildman–Crippen MR) is 65.0 cm³/mol. The van der Waals surface area contributed by atoms with Crippen LogP contribution in [0.1, 0.15) is 24.5 Å². The van der Waals surface area contributed by atoms with Crippen LogP contribution in [0.2, 0.25) is 0 Å². The van der Waals surface area contributed by atoms with E-state index in [1.807, 2.05) is 6.92 Å². The summed E-state index contributed by atoms with van der Waals surface area (Å²) >= 11 is 0. The molecule has 0 aliphatic rings. The summed E-state index contributed by atoms with van der Waals surface area (Å²) in [5.74, 6) is -1.03. The monoisotopic (exact) mass is 252 g/mol. The summed E-state index contributed by atoms with van der Waals surface area (Å²) in [6.07, 6.45) is 1.35. The van der Waals surface area contributed by atoms with Crippen molar-refractivity contribution >= 4 is 5.82 Å². The van der Waals surface area contributed by atoms with Crippen molar-refractivity contribution in [2.75, 3.05) is 5.73 Å². The number of benzene rings is 1. The van der Waals surface area contributed by atoms with E-state index in [4.69, 9.17) is 10.3 Å². The molecule has 1 aromatic carbocycles. The lowest BCUT2D eigenvalue weighted by atomic mass is 10.0. The normalized spacial score (nSPS) is 10.9. The Morgan fingerprint density at radius 1 is 1.33 bits per heavy atom. The van der Waals surface area contributed by atoms with Gasteiger partial charge in [0, 0.05) is 5.56 Å². The molecule has 18 heavy (non-hydrogen) atoms. The van der Waals surface area contributed by atoms with E-state index in [1.165, 1.54) is 12.1 Å². The number of rotatable bonds is 3. The summed E-state index contributed by atoms with van der Waals surface area (Å²) in [6, 6.07) is 2.59. The van der Waals surface area contributed by atoms with Crippen LogP contribution in [0, 0.1) is 18.6 Å². The van der Waals surface area contributed by atoms with Crippen LogP contribution in [0.5, 0.6) is 0 Å². The van der Waals surface area contributed by atoms with Gasteiger partial charge in [0.1, 0.15) is 11.6 Å². The van der Waals surface area contributed by atoms with E-state index in [1.54, 1.807) is 6.92 Å². The van der Waals surface area contributed by atoms with E-state index in [2.05, 4.69) is 5.16 Å². The molecule has 0 saturated heterocycles. The lowest BCUT2D eigenvalue weighted by Crippen LogP contribution is -1.97.